The molecule has 0 radical (unpaired) electrons. The molecule has 0 spiro atoms. The molecular weight excluding hydrogens is 262 g/mol. The predicted octanol–water partition coefficient (Wildman–Crippen LogP) is 0.754. The highest BCUT2D eigenvalue weighted by Gasteiger charge is 2.22. The van der Waals surface area contributed by atoms with E-state index in [1.165, 1.54) is 0 Å². The number of carbonyl (C=O) groups excluding carboxylic acids is 2. The van der Waals surface area contributed by atoms with Crippen molar-refractivity contribution >= 4 is 23.6 Å². The summed E-state index contributed by atoms with van der Waals surface area (Å²) in [7, 11) is 0. The Kier molecular flexibility index (Phi) is 5.08. The van der Waals surface area contributed by atoms with E-state index in [0.29, 0.717) is 5.69 Å². The number of carboxylic acid groups (broad SMARTS) is 1. The highest BCUT2D eigenvalue weighted by molar-refractivity contribution is 5.94. The maximum Gasteiger partial charge on any atom is 0.326 e. The SMILES string of the molecule is Cc1cccc(C)c1NC(=O)NC(CC(N)=O)C(=O)O. The van der Waals surface area contributed by atoms with E-state index in [-0.39, 0.29) is 0 Å². The molecule has 7 nitrogen and oxygen atoms in total. The number of primary amides is 1. The van der Waals surface area contributed by atoms with Crippen LogP contribution in [0, 0.1) is 13.8 Å². The van der Waals surface area contributed by atoms with E-state index in [1.54, 1.807) is 0 Å². The monoisotopic (exact) mass is 279 g/mol. The van der Waals surface area contributed by atoms with Crippen LogP contribution in [0.5, 0.6) is 0 Å². The number of aryl methyl sites for hydroxylation is 2. The summed E-state index contributed by atoms with van der Waals surface area (Å²) in [6.07, 6.45) is -0.463. The maximum absolute atomic E-state index is 11.8. The van der Waals surface area contributed by atoms with Gasteiger partial charge in [0.15, 0.2) is 0 Å². The van der Waals surface area contributed by atoms with E-state index in [0.717, 1.165) is 11.1 Å². The zero-order valence-corrected chi connectivity index (χ0v) is 11.3. The Balaban J connectivity index is 2.76. The number of nitrogens with two attached hydrogens (primary N) is 1. The van der Waals surface area contributed by atoms with Gasteiger partial charge in [0, 0.05) is 5.69 Å². The lowest BCUT2D eigenvalue weighted by atomic mass is 10.1. The Hall–Kier alpha value is -2.57. The van der Waals surface area contributed by atoms with Crippen molar-refractivity contribution in [2.75, 3.05) is 5.32 Å². The summed E-state index contributed by atoms with van der Waals surface area (Å²) in [6, 6.07) is 3.44. The molecule has 1 aromatic rings. The minimum absolute atomic E-state index is 0.463. The molecule has 0 aliphatic heterocycles. The Morgan fingerprint density at radius 2 is 1.80 bits per heavy atom. The Morgan fingerprint density at radius 1 is 1.25 bits per heavy atom. The van der Waals surface area contributed by atoms with Crippen LogP contribution < -0.4 is 16.4 Å². The molecule has 1 unspecified atom stereocenters. The van der Waals surface area contributed by atoms with Crippen molar-refractivity contribution in [3.8, 4) is 0 Å². The number of aliphatic carboxylic acids is 1. The van der Waals surface area contributed by atoms with Gasteiger partial charge in [-0.2, -0.15) is 0 Å². The Labute approximate surface area is 116 Å². The van der Waals surface area contributed by atoms with Crippen LogP contribution >= 0.6 is 0 Å². The fraction of sp³-hybridized carbons (Fsp3) is 0.308. The molecule has 1 rings (SSSR count). The average molecular weight is 279 g/mol. The topological polar surface area (TPSA) is 122 Å². The molecule has 1 aromatic carbocycles. The largest absolute Gasteiger partial charge is 0.480 e. The molecule has 7 heteroatoms. The second-order valence-corrected chi connectivity index (χ2v) is 4.43. The van der Waals surface area contributed by atoms with Crippen molar-refractivity contribution in [1.82, 2.24) is 5.32 Å². The van der Waals surface area contributed by atoms with Crippen LogP contribution in [0.4, 0.5) is 10.5 Å². The van der Waals surface area contributed by atoms with Crippen LogP contribution in [0.3, 0.4) is 0 Å². The van der Waals surface area contributed by atoms with E-state index in [9.17, 15) is 14.4 Å². The number of carboxylic acids is 1. The lowest BCUT2D eigenvalue weighted by Crippen LogP contribution is -2.45. The normalized spacial score (nSPS) is 11.5. The lowest BCUT2D eigenvalue weighted by molar-refractivity contribution is -0.140. The van der Waals surface area contributed by atoms with Gasteiger partial charge in [-0.15, -0.1) is 0 Å². The zero-order chi connectivity index (χ0) is 15.3. The summed E-state index contributed by atoms with van der Waals surface area (Å²) in [5.41, 5.74) is 7.24. The van der Waals surface area contributed by atoms with Crippen molar-refractivity contribution in [1.29, 1.82) is 0 Å². The van der Waals surface area contributed by atoms with Crippen LogP contribution in [-0.4, -0.2) is 29.1 Å². The van der Waals surface area contributed by atoms with Crippen LogP contribution in [0.25, 0.3) is 0 Å². The van der Waals surface area contributed by atoms with E-state index >= 15 is 0 Å². The number of nitrogens with one attached hydrogen (secondary N) is 2. The van der Waals surface area contributed by atoms with Gasteiger partial charge in [-0.05, 0) is 25.0 Å². The fourth-order valence-corrected chi connectivity index (χ4v) is 1.72. The summed E-state index contributed by atoms with van der Waals surface area (Å²) >= 11 is 0. The molecule has 20 heavy (non-hydrogen) atoms. The quantitative estimate of drug-likeness (QED) is 0.635. The smallest absolute Gasteiger partial charge is 0.326 e. The third-order valence-electron chi connectivity index (χ3n) is 2.73. The first kappa shape index (κ1) is 15.5. The number of anilines is 1. The first-order valence-electron chi connectivity index (χ1n) is 5.96. The van der Waals surface area contributed by atoms with Gasteiger partial charge >= 0.3 is 12.0 Å². The maximum atomic E-state index is 11.8. The van der Waals surface area contributed by atoms with Crippen LogP contribution in [0.2, 0.25) is 0 Å². The second kappa shape index (κ2) is 6.55. The van der Waals surface area contributed by atoms with Crippen molar-refractivity contribution in [3.05, 3.63) is 29.3 Å². The van der Waals surface area contributed by atoms with Crippen LogP contribution in [-0.2, 0) is 9.59 Å². The Bertz CT molecular complexity index is 522. The predicted molar refractivity (Wildman–Crippen MR) is 73.3 cm³/mol. The molecule has 0 bridgehead atoms. The standard InChI is InChI=1S/C13H17N3O4/c1-7-4-3-5-8(2)11(7)16-13(20)15-9(12(18)19)6-10(14)17/h3-5,9H,6H2,1-2H3,(H2,14,17)(H,18,19)(H2,15,16,20). The molecule has 1 atom stereocenters. The Morgan fingerprint density at radius 3 is 2.25 bits per heavy atom. The molecule has 0 fully saturated rings. The number of benzene rings is 1. The summed E-state index contributed by atoms with van der Waals surface area (Å²) in [4.78, 5) is 33.4. The number of rotatable bonds is 5. The van der Waals surface area contributed by atoms with Crippen molar-refractivity contribution in [2.45, 2.75) is 26.3 Å². The van der Waals surface area contributed by atoms with Gasteiger partial charge in [0.2, 0.25) is 5.91 Å². The van der Waals surface area contributed by atoms with Crippen molar-refractivity contribution in [3.63, 3.8) is 0 Å². The van der Waals surface area contributed by atoms with E-state index in [2.05, 4.69) is 10.6 Å². The fourth-order valence-electron chi connectivity index (χ4n) is 1.72. The number of para-hydroxylation sites is 1. The number of carbonyl (C=O) groups is 3. The summed E-state index contributed by atoms with van der Waals surface area (Å²) in [6.45, 7) is 3.64. The summed E-state index contributed by atoms with van der Waals surface area (Å²) in [5, 5.41) is 13.7. The molecule has 0 aliphatic rings. The minimum Gasteiger partial charge on any atom is -0.480 e. The van der Waals surface area contributed by atoms with Gasteiger partial charge in [-0.25, -0.2) is 9.59 Å². The van der Waals surface area contributed by atoms with Crippen LogP contribution in [0.15, 0.2) is 18.2 Å². The van der Waals surface area contributed by atoms with Crippen LogP contribution in [0.1, 0.15) is 17.5 Å². The van der Waals surface area contributed by atoms with E-state index < -0.39 is 30.4 Å². The van der Waals surface area contributed by atoms with E-state index in [1.807, 2.05) is 32.0 Å². The van der Waals surface area contributed by atoms with Gasteiger partial charge in [0.25, 0.3) is 0 Å². The zero-order valence-electron chi connectivity index (χ0n) is 11.3. The lowest BCUT2D eigenvalue weighted by Gasteiger charge is -2.16. The molecule has 108 valence electrons. The molecule has 0 heterocycles. The second-order valence-electron chi connectivity index (χ2n) is 4.43. The molecular formula is C13H17N3O4. The van der Waals surface area contributed by atoms with E-state index in [4.69, 9.17) is 10.8 Å². The number of hydrogen-bond acceptors (Lipinski definition) is 3. The molecule has 0 saturated carbocycles. The van der Waals surface area contributed by atoms with Crippen molar-refractivity contribution < 1.29 is 19.5 Å². The molecule has 0 saturated heterocycles. The molecule has 3 amide bonds. The van der Waals surface area contributed by atoms with Gasteiger partial charge in [0.1, 0.15) is 6.04 Å². The van der Waals surface area contributed by atoms with Gasteiger partial charge in [-0.1, -0.05) is 18.2 Å². The number of hydrogen-bond donors (Lipinski definition) is 4. The van der Waals surface area contributed by atoms with Crippen molar-refractivity contribution in [2.24, 2.45) is 5.73 Å². The average Bonchev–Trinajstić information content (AvgIpc) is 2.32. The molecule has 0 aliphatic carbocycles. The molecule has 5 N–H and O–H groups in total. The summed E-state index contributed by atoms with van der Waals surface area (Å²) < 4.78 is 0. The third kappa shape index (κ3) is 4.27. The highest BCUT2D eigenvalue weighted by atomic mass is 16.4. The number of urea groups is 1. The first-order chi connectivity index (χ1) is 9.31. The first-order valence-corrected chi connectivity index (χ1v) is 5.96. The van der Waals surface area contributed by atoms with Gasteiger partial charge < -0.3 is 21.5 Å². The summed E-state index contributed by atoms with van der Waals surface area (Å²) in [5.74, 6) is -2.12. The highest BCUT2D eigenvalue weighted by Crippen LogP contribution is 2.19. The third-order valence-corrected chi connectivity index (χ3v) is 2.73. The van der Waals surface area contributed by atoms with Gasteiger partial charge in [-0.3, -0.25) is 4.79 Å². The number of amides is 3. The minimum atomic E-state index is -1.35. The molecule has 0 aromatic heterocycles. The van der Waals surface area contributed by atoms with Gasteiger partial charge in [0.05, 0.1) is 6.42 Å².